The van der Waals surface area contributed by atoms with Crippen molar-refractivity contribution in [2.75, 3.05) is 0 Å². The van der Waals surface area contributed by atoms with Crippen LogP contribution in [-0.2, 0) is 4.79 Å². The Hall–Kier alpha value is -2.47. The average Bonchev–Trinajstić information content (AvgIpc) is 2.89. The van der Waals surface area contributed by atoms with Gasteiger partial charge in [0.15, 0.2) is 0 Å². The van der Waals surface area contributed by atoms with Gasteiger partial charge >= 0.3 is 5.97 Å². The summed E-state index contributed by atoms with van der Waals surface area (Å²) in [5, 5.41) is 13.5. The summed E-state index contributed by atoms with van der Waals surface area (Å²) in [5.41, 5.74) is 1.97. The number of aryl methyl sites for hydroxylation is 1. The molecule has 0 saturated heterocycles. The molecule has 0 spiro atoms. The zero-order valence-corrected chi connectivity index (χ0v) is 13.1. The first-order valence-corrected chi connectivity index (χ1v) is 7.65. The first-order chi connectivity index (χ1) is 10.5. The Morgan fingerprint density at radius 3 is 2.82 bits per heavy atom. The number of pyridine rings is 1. The van der Waals surface area contributed by atoms with Crippen LogP contribution < -0.4 is 5.32 Å². The number of nitrogens with one attached hydrogen (secondary N) is 1. The molecule has 0 radical (unpaired) electrons. The van der Waals surface area contributed by atoms with E-state index >= 15 is 0 Å². The lowest BCUT2D eigenvalue weighted by molar-refractivity contribution is -0.133. The van der Waals surface area contributed by atoms with E-state index in [0.29, 0.717) is 12.0 Å². The van der Waals surface area contributed by atoms with Gasteiger partial charge in [0.05, 0.1) is 5.56 Å². The van der Waals surface area contributed by atoms with Crippen LogP contribution in [0.15, 0.2) is 41.7 Å². The molecule has 1 amide bonds. The largest absolute Gasteiger partial charge is 0.477 e. The fourth-order valence-electron chi connectivity index (χ4n) is 2.05. The lowest BCUT2D eigenvalue weighted by Gasteiger charge is -2.08. The number of carboxylic acid groups (broad SMARTS) is 1. The molecule has 2 heterocycles. The van der Waals surface area contributed by atoms with E-state index in [2.05, 4.69) is 10.3 Å². The molecule has 2 aromatic heterocycles. The summed E-state index contributed by atoms with van der Waals surface area (Å²) in [6.07, 6.45) is 5.35. The van der Waals surface area contributed by atoms with Gasteiger partial charge in [-0.1, -0.05) is 19.1 Å². The molecule has 0 bridgehead atoms. The highest BCUT2D eigenvalue weighted by atomic mass is 32.1. The Morgan fingerprint density at radius 1 is 1.45 bits per heavy atom. The van der Waals surface area contributed by atoms with E-state index in [0.717, 1.165) is 16.0 Å². The van der Waals surface area contributed by atoms with Crippen molar-refractivity contribution in [1.82, 2.24) is 10.3 Å². The van der Waals surface area contributed by atoms with E-state index in [-0.39, 0.29) is 5.70 Å². The highest BCUT2D eigenvalue weighted by molar-refractivity contribution is 7.10. The maximum atomic E-state index is 12.5. The molecule has 0 aliphatic heterocycles. The minimum atomic E-state index is -1.15. The van der Waals surface area contributed by atoms with Gasteiger partial charge in [-0.2, -0.15) is 0 Å². The van der Waals surface area contributed by atoms with Gasteiger partial charge in [-0.05, 0) is 24.8 Å². The van der Waals surface area contributed by atoms with Crippen molar-refractivity contribution < 1.29 is 14.7 Å². The van der Waals surface area contributed by atoms with E-state index in [1.807, 2.05) is 25.3 Å². The summed E-state index contributed by atoms with van der Waals surface area (Å²) in [5.74, 6) is -1.56. The smallest absolute Gasteiger partial charge is 0.352 e. The topological polar surface area (TPSA) is 79.3 Å². The SMILES string of the molecule is CC/C=C(/NC(=O)c1c(-c2cccnc2)csc1C)C(=O)O. The van der Waals surface area contributed by atoms with Gasteiger partial charge in [-0.15, -0.1) is 11.3 Å². The fourth-order valence-corrected chi connectivity index (χ4v) is 2.92. The number of allylic oxidation sites excluding steroid dienone is 1. The predicted molar refractivity (Wildman–Crippen MR) is 85.8 cm³/mol. The number of aliphatic carboxylic acids is 1. The van der Waals surface area contributed by atoms with E-state index in [9.17, 15) is 9.59 Å². The zero-order chi connectivity index (χ0) is 16.1. The molecule has 0 unspecified atom stereocenters. The summed E-state index contributed by atoms with van der Waals surface area (Å²) in [6.45, 7) is 3.65. The molecule has 0 fully saturated rings. The average molecular weight is 316 g/mol. The van der Waals surface area contributed by atoms with E-state index in [4.69, 9.17) is 5.11 Å². The number of hydrogen-bond acceptors (Lipinski definition) is 4. The number of carbonyl (C=O) groups excluding carboxylic acids is 1. The van der Waals surface area contributed by atoms with E-state index in [1.165, 1.54) is 17.4 Å². The number of carboxylic acids is 1. The molecule has 0 saturated carbocycles. The van der Waals surface area contributed by atoms with Gasteiger partial charge in [-0.25, -0.2) is 4.79 Å². The molecule has 5 nitrogen and oxygen atoms in total. The van der Waals surface area contributed by atoms with Crippen LogP contribution in [0.25, 0.3) is 11.1 Å². The van der Waals surface area contributed by atoms with Crippen LogP contribution in [0.2, 0.25) is 0 Å². The molecule has 0 aliphatic rings. The molecule has 2 aromatic rings. The summed E-state index contributed by atoms with van der Waals surface area (Å²) in [4.78, 5) is 28.5. The minimum Gasteiger partial charge on any atom is -0.477 e. The fraction of sp³-hybridized carbons (Fsp3) is 0.188. The van der Waals surface area contributed by atoms with Gasteiger partial charge in [0.1, 0.15) is 5.70 Å². The second-order valence-corrected chi connectivity index (χ2v) is 5.69. The lowest BCUT2D eigenvalue weighted by atomic mass is 10.0. The minimum absolute atomic E-state index is 0.102. The van der Waals surface area contributed by atoms with Crippen LogP contribution in [0.3, 0.4) is 0 Å². The second-order valence-electron chi connectivity index (χ2n) is 4.61. The third kappa shape index (κ3) is 3.40. The normalized spacial score (nSPS) is 11.3. The molecular formula is C16H16N2O3S. The highest BCUT2D eigenvalue weighted by Crippen LogP contribution is 2.30. The van der Waals surface area contributed by atoms with Gasteiger partial charge < -0.3 is 10.4 Å². The molecule has 114 valence electrons. The molecular weight excluding hydrogens is 300 g/mol. The maximum absolute atomic E-state index is 12.5. The first kappa shape index (κ1) is 15.9. The summed E-state index contributed by atoms with van der Waals surface area (Å²) >= 11 is 1.45. The van der Waals surface area contributed by atoms with Crippen LogP contribution in [0.5, 0.6) is 0 Å². The highest BCUT2D eigenvalue weighted by Gasteiger charge is 2.20. The maximum Gasteiger partial charge on any atom is 0.352 e. The Labute approximate surface area is 132 Å². The number of carbonyl (C=O) groups is 2. The van der Waals surface area contributed by atoms with Crippen molar-refractivity contribution in [1.29, 1.82) is 0 Å². The number of hydrogen-bond donors (Lipinski definition) is 2. The Balaban J connectivity index is 2.37. The van der Waals surface area contributed by atoms with Crippen LogP contribution in [0, 0.1) is 6.92 Å². The molecule has 0 aromatic carbocycles. The molecule has 22 heavy (non-hydrogen) atoms. The van der Waals surface area contributed by atoms with Gasteiger partial charge in [0.25, 0.3) is 5.91 Å². The van der Waals surface area contributed by atoms with Crippen LogP contribution in [0.1, 0.15) is 28.6 Å². The van der Waals surface area contributed by atoms with Crippen LogP contribution in [0.4, 0.5) is 0 Å². The van der Waals surface area contributed by atoms with Crippen molar-refractivity contribution in [3.63, 3.8) is 0 Å². The van der Waals surface area contributed by atoms with Gasteiger partial charge in [0.2, 0.25) is 0 Å². The van der Waals surface area contributed by atoms with Crippen molar-refractivity contribution in [3.05, 3.63) is 52.1 Å². The van der Waals surface area contributed by atoms with Gasteiger partial charge in [0, 0.05) is 28.4 Å². The van der Waals surface area contributed by atoms with E-state index < -0.39 is 11.9 Å². The van der Waals surface area contributed by atoms with Gasteiger partial charge in [-0.3, -0.25) is 9.78 Å². The summed E-state index contributed by atoms with van der Waals surface area (Å²) in [7, 11) is 0. The van der Waals surface area contributed by atoms with Crippen molar-refractivity contribution >= 4 is 23.2 Å². The third-order valence-corrected chi connectivity index (χ3v) is 3.97. The standard InChI is InChI=1S/C16H16N2O3S/c1-3-5-13(16(20)21)18-15(19)14-10(2)22-9-12(14)11-6-4-7-17-8-11/h4-9H,3H2,1-2H3,(H,18,19)(H,20,21)/b13-5+. The molecule has 2 N–H and O–H groups in total. The lowest BCUT2D eigenvalue weighted by Crippen LogP contribution is -2.27. The Morgan fingerprint density at radius 2 is 2.23 bits per heavy atom. The number of thiophene rings is 1. The number of rotatable bonds is 5. The first-order valence-electron chi connectivity index (χ1n) is 6.77. The molecule has 0 aliphatic carbocycles. The zero-order valence-electron chi connectivity index (χ0n) is 12.3. The molecule has 0 atom stereocenters. The molecule has 2 rings (SSSR count). The molecule has 6 heteroatoms. The Bertz CT molecular complexity index is 720. The van der Waals surface area contributed by atoms with Crippen molar-refractivity contribution in [2.24, 2.45) is 0 Å². The van der Waals surface area contributed by atoms with Crippen molar-refractivity contribution in [3.8, 4) is 11.1 Å². The van der Waals surface area contributed by atoms with Crippen molar-refractivity contribution in [2.45, 2.75) is 20.3 Å². The number of aromatic nitrogens is 1. The Kier molecular flexibility index (Phi) is 5.06. The quantitative estimate of drug-likeness (QED) is 0.830. The second kappa shape index (κ2) is 7.00. The third-order valence-electron chi connectivity index (χ3n) is 3.06. The summed E-state index contributed by atoms with van der Waals surface area (Å²) < 4.78 is 0. The summed E-state index contributed by atoms with van der Waals surface area (Å²) in [6, 6.07) is 3.66. The van der Waals surface area contributed by atoms with Crippen LogP contribution in [-0.4, -0.2) is 22.0 Å². The monoisotopic (exact) mass is 316 g/mol. The number of nitrogens with zero attached hydrogens (tertiary/aromatic N) is 1. The predicted octanol–water partition coefficient (Wildman–Crippen LogP) is 3.23. The number of amides is 1. The van der Waals surface area contributed by atoms with E-state index in [1.54, 1.807) is 18.5 Å². The van der Waals surface area contributed by atoms with Crippen LogP contribution >= 0.6 is 11.3 Å².